The fourth-order valence-corrected chi connectivity index (χ4v) is 2.67. The Hall–Kier alpha value is -2.90. The molecule has 23 heavy (non-hydrogen) atoms. The summed E-state index contributed by atoms with van der Waals surface area (Å²) in [5, 5.41) is 14.2. The van der Waals surface area contributed by atoms with Crippen molar-refractivity contribution in [2.75, 3.05) is 5.32 Å². The standard InChI is InChI=1S/C18H12ClN3O/c19-15-6-12(5-13(7-15)9-20)8-18(23)22-17-11-21-10-14-3-1-2-4-16(14)17/h1-7,10-11H,8H2,(H,22,23). The molecule has 0 unspecified atom stereocenters. The van der Waals surface area contributed by atoms with Crippen molar-refractivity contribution in [1.82, 2.24) is 4.98 Å². The van der Waals surface area contributed by atoms with Crippen LogP contribution in [0.1, 0.15) is 11.1 Å². The maximum Gasteiger partial charge on any atom is 0.228 e. The Morgan fingerprint density at radius 2 is 2.04 bits per heavy atom. The molecule has 0 saturated carbocycles. The molecule has 0 atom stereocenters. The average Bonchev–Trinajstić information content (AvgIpc) is 2.54. The van der Waals surface area contributed by atoms with Gasteiger partial charge in [0, 0.05) is 22.0 Å². The Bertz CT molecular complexity index is 926. The summed E-state index contributed by atoms with van der Waals surface area (Å²) in [4.78, 5) is 16.4. The number of amides is 1. The van der Waals surface area contributed by atoms with Gasteiger partial charge in [-0.1, -0.05) is 35.9 Å². The number of carbonyl (C=O) groups excluding carboxylic acids is 1. The fourth-order valence-electron chi connectivity index (χ4n) is 2.41. The van der Waals surface area contributed by atoms with Gasteiger partial charge in [0.25, 0.3) is 0 Å². The van der Waals surface area contributed by atoms with Crippen LogP contribution in [-0.2, 0) is 11.2 Å². The Kier molecular flexibility index (Phi) is 4.22. The highest BCUT2D eigenvalue weighted by Gasteiger charge is 2.09. The van der Waals surface area contributed by atoms with Crippen molar-refractivity contribution in [1.29, 1.82) is 5.26 Å². The van der Waals surface area contributed by atoms with Gasteiger partial charge in [-0.3, -0.25) is 9.78 Å². The Labute approximate surface area is 138 Å². The van der Waals surface area contributed by atoms with E-state index in [9.17, 15) is 4.79 Å². The molecule has 0 bridgehead atoms. The lowest BCUT2D eigenvalue weighted by atomic mass is 10.1. The summed E-state index contributed by atoms with van der Waals surface area (Å²) in [6.07, 6.45) is 3.51. The molecule has 5 heteroatoms. The lowest BCUT2D eigenvalue weighted by molar-refractivity contribution is -0.115. The second kappa shape index (κ2) is 6.47. The molecular weight excluding hydrogens is 310 g/mol. The maximum atomic E-state index is 12.3. The Balaban J connectivity index is 1.82. The molecule has 2 aromatic carbocycles. The minimum absolute atomic E-state index is 0.137. The number of hydrogen-bond donors (Lipinski definition) is 1. The fraction of sp³-hybridized carbons (Fsp3) is 0.0556. The van der Waals surface area contributed by atoms with E-state index in [1.54, 1.807) is 30.6 Å². The van der Waals surface area contributed by atoms with Crippen molar-refractivity contribution in [3.63, 3.8) is 0 Å². The molecule has 112 valence electrons. The first-order chi connectivity index (χ1) is 11.2. The number of nitriles is 1. The van der Waals surface area contributed by atoms with Gasteiger partial charge < -0.3 is 5.32 Å². The third-order valence-corrected chi connectivity index (χ3v) is 3.61. The number of anilines is 1. The van der Waals surface area contributed by atoms with Crippen LogP contribution in [0.25, 0.3) is 10.8 Å². The molecule has 0 aliphatic rings. The van der Waals surface area contributed by atoms with E-state index in [0.717, 1.165) is 10.8 Å². The number of nitrogens with one attached hydrogen (secondary N) is 1. The van der Waals surface area contributed by atoms with Crippen molar-refractivity contribution in [3.05, 3.63) is 71.0 Å². The van der Waals surface area contributed by atoms with Gasteiger partial charge in [-0.25, -0.2) is 0 Å². The van der Waals surface area contributed by atoms with Crippen molar-refractivity contribution in [2.24, 2.45) is 0 Å². The van der Waals surface area contributed by atoms with Crippen molar-refractivity contribution >= 4 is 34.0 Å². The monoisotopic (exact) mass is 321 g/mol. The lowest BCUT2D eigenvalue weighted by Crippen LogP contribution is -2.15. The van der Waals surface area contributed by atoms with Crippen molar-refractivity contribution < 1.29 is 4.79 Å². The van der Waals surface area contributed by atoms with E-state index >= 15 is 0 Å². The minimum Gasteiger partial charge on any atom is -0.324 e. The van der Waals surface area contributed by atoms with Crippen LogP contribution in [0.5, 0.6) is 0 Å². The average molecular weight is 322 g/mol. The molecule has 0 aliphatic heterocycles. The van der Waals surface area contributed by atoms with Gasteiger partial charge >= 0.3 is 0 Å². The van der Waals surface area contributed by atoms with Gasteiger partial charge in [0.05, 0.1) is 29.9 Å². The van der Waals surface area contributed by atoms with Crippen LogP contribution in [0.15, 0.2) is 54.9 Å². The highest BCUT2D eigenvalue weighted by Crippen LogP contribution is 2.22. The number of carbonyl (C=O) groups is 1. The van der Waals surface area contributed by atoms with Crippen LogP contribution in [0.4, 0.5) is 5.69 Å². The number of aromatic nitrogens is 1. The topological polar surface area (TPSA) is 65.8 Å². The molecule has 3 rings (SSSR count). The zero-order chi connectivity index (χ0) is 16.2. The number of benzene rings is 2. The quantitative estimate of drug-likeness (QED) is 0.794. The van der Waals surface area contributed by atoms with E-state index in [0.29, 0.717) is 21.8 Å². The summed E-state index contributed by atoms with van der Waals surface area (Å²) in [6, 6.07) is 14.6. The van der Waals surface area contributed by atoms with Crippen molar-refractivity contribution in [2.45, 2.75) is 6.42 Å². The molecule has 1 amide bonds. The van der Waals surface area contributed by atoms with Gasteiger partial charge in [-0.2, -0.15) is 5.26 Å². The van der Waals surface area contributed by atoms with E-state index in [1.807, 2.05) is 30.3 Å². The normalized spacial score (nSPS) is 10.3. The van der Waals surface area contributed by atoms with Crippen LogP contribution in [0.2, 0.25) is 5.02 Å². The third kappa shape index (κ3) is 3.47. The molecule has 1 N–H and O–H groups in total. The first-order valence-corrected chi connectivity index (χ1v) is 7.35. The Morgan fingerprint density at radius 1 is 1.22 bits per heavy atom. The number of pyridine rings is 1. The number of hydrogen-bond acceptors (Lipinski definition) is 3. The van der Waals surface area contributed by atoms with Gasteiger partial charge in [0.15, 0.2) is 0 Å². The summed E-state index contributed by atoms with van der Waals surface area (Å²) >= 11 is 5.96. The van der Waals surface area contributed by atoms with Gasteiger partial charge in [-0.15, -0.1) is 0 Å². The molecule has 1 heterocycles. The molecular formula is C18H12ClN3O. The predicted octanol–water partition coefficient (Wildman–Crippen LogP) is 3.94. The minimum atomic E-state index is -0.186. The zero-order valence-electron chi connectivity index (χ0n) is 12.1. The second-order valence-electron chi connectivity index (χ2n) is 5.09. The molecule has 0 saturated heterocycles. The van der Waals surface area contributed by atoms with Crippen LogP contribution in [0.3, 0.4) is 0 Å². The molecule has 1 aromatic heterocycles. The number of fused-ring (bicyclic) bond motifs is 1. The van der Waals surface area contributed by atoms with Crippen LogP contribution in [-0.4, -0.2) is 10.9 Å². The SMILES string of the molecule is N#Cc1cc(Cl)cc(CC(=O)Nc2cncc3ccccc23)c1. The highest BCUT2D eigenvalue weighted by atomic mass is 35.5. The number of nitrogens with zero attached hydrogens (tertiary/aromatic N) is 2. The van der Waals surface area contributed by atoms with E-state index in [-0.39, 0.29) is 12.3 Å². The van der Waals surface area contributed by atoms with Crippen LogP contribution < -0.4 is 5.32 Å². The van der Waals surface area contributed by atoms with Gasteiger partial charge in [0.1, 0.15) is 0 Å². The zero-order valence-corrected chi connectivity index (χ0v) is 12.8. The predicted molar refractivity (Wildman–Crippen MR) is 90.2 cm³/mol. The second-order valence-corrected chi connectivity index (χ2v) is 5.53. The van der Waals surface area contributed by atoms with E-state index in [2.05, 4.69) is 10.3 Å². The molecule has 0 spiro atoms. The summed E-state index contributed by atoms with van der Waals surface area (Å²) in [6.45, 7) is 0. The smallest absolute Gasteiger partial charge is 0.228 e. The van der Waals surface area contributed by atoms with E-state index < -0.39 is 0 Å². The van der Waals surface area contributed by atoms with Crippen molar-refractivity contribution in [3.8, 4) is 6.07 Å². The molecule has 0 fully saturated rings. The molecule has 4 nitrogen and oxygen atoms in total. The highest BCUT2D eigenvalue weighted by molar-refractivity contribution is 6.30. The molecule has 3 aromatic rings. The lowest BCUT2D eigenvalue weighted by Gasteiger charge is -2.08. The van der Waals surface area contributed by atoms with Crippen LogP contribution in [0, 0.1) is 11.3 Å². The first-order valence-electron chi connectivity index (χ1n) is 6.98. The molecule has 0 radical (unpaired) electrons. The number of halogens is 1. The summed E-state index contributed by atoms with van der Waals surface area (Å²) in [7, 11) is 0. The van der Waals surface area contributed by atoms with E-state index in [1.165, 1.54) is 0 Å². The van der Waals surface area contributed by atoms with Gasteiger partial charge in [-0.05, 0) is 23.8 Å². The first kappa shape index (κ1) is 15.0. The summed E-state index contributed by atoms with van der Waals surface area (Å²) < 4.78 is 0. The Morgan fingerprint density at radius 3 is 2.87 bits per heavy atom. The summed E-state index contributed by atoms with van der Waals surface area (Å²) in [5.74, 6) is -0.186. The van der Waals surface area contributed by atoms with Crippen LogP contribution >= 0.6 is 11.6 Å². The number of rotatable bonds is 3. The van der Waals surface area contributed by atoms with Gasteiger partial charge in [0.2, 0.25) is 5.91 Å². The third-order valence-electron chi connectivity index (χ3n) is 3.39. The van der Waals surface area contributed by atoms with E-state index in [4.69, 9.17) is 16.9 Å². The summed E-state index contributed by atoms with van der Waals surface area (Å²) in [5.41, 5.74) is 1.79. The molecule has 0 aliphatic carbocycles. The maximum absolute atomic E-state index is 12.3. The largest absolute Gasteiger partial charge is 0.324 e.